The molecule has 2 N–H and O–H groups in total. The Hall–Kier alpha value is -3.11. The summed E-state index contributed by atoms with van der Waals surface area (Å²) >= 11 is 0. The highest BCUT2D eigenvalue weighted by atomic mass is 31.1. The first-order valence-electron chi connectivity index (χ1n) is 12.1. The molecule has 37 heavy (non-hydrogen) atoms. The molecular formula is C24H29F3N7O2P. The van der Waals surface area contributed by atoms with Crippen molar-refractivity contribution in [1.29, 1.82) is 0 Å². The van der Waals surface area contributed by atoms with Crippen molar-refractivity contribution in [3.05, 3.63) is 42.4 Å². The Morgan fingerprint density at radius 2 is 2.03 bits per heavy atom. The van der Waals surface area contributed by atoms with E-state index in [1.54, 1.807) is 18.2 Å². The summed E-state index contributed by atoms with van der Waals surface area (Å²) in [4.78, 5) is 18.9. The maximum Gasteiger partial charge on any atom is 0.406 e. The molecule has 0 bridgehead atoms. The zero-order chi connectivity index (χ0) is 26.2. The molecule has 13 heteroatoms. The molecular weight excluding hydrogens is 506 g/mol. The third kappa shape index (κ3) is 5.91. The molecule has 3 aromatic rings. The van der Waals surface area contributed by atoms with Gasteiger partial charge in [-0.05, 0) is 66.1 Å². The largest absolute Gasteiger partial charge is 0.406 e. The number of nitrogens with one attached hydrogen (secondary N) is 2. The third-order valence-corrected chi connectivity index (χ3v) is 7.89. The topological polar surface area (TPSA) is 91.5 Å². The van der Waals surface area contributed by atoms with Gasteiger partial charge < -0.3 is 29.3 Å². The molecule has 9 nitrogen and oxygen atoms in total. The SMILES string of the molecule is CN1CCC(Nc2cccc3c2cc(-c2nc(CNC(=O)C4C=CN(C)P4)no2)n3CC(F)(F)F)CC1. The van der Waals surface area contributed by atoms with Crippen molar-refractivity contribution in [3.63, 3.8) is 0 Å². The van der Waals surface area contributed by atoms with Gasteiger partial charge in [0.2, 0.25) is 5.91 Å². The van der Waals surface area contributed by atoms with Gasteiger partial charge in [0.25, 0.3) is 5.89 Å². The van der Waals surface area contributed by atoms with Crippen molar-refractivity contribution in [2.45, 2.75) is 43.8 Å². The molecule has 0 spiro atoms. The molecule has 2 unspecified atom stereocenters. The number of aromatic nitrogens is 3. The second-order valence-electron chi connectivity index (χ2n) is 9.48. The smallest absolute Gasteiger partial charge is 0.382 e. The summed E-state index contributed by atoms with van der Waals surface area (Å²) in [6, 6.07) is 7.20. The van der Waals surface area contributed by atoms with Gasteiger partial charge in [-0.15, -0.1) is 0 Å². The summed E-state index contributed by atoms with van der Waals surface area (Å²) in [5.74, 6) is -0.00564. The average molecular weight is 536 g/mol. The summed E-state index contributed by atoms with van der Waals surface area (Å²) < 4.78 is 49.2. The number of amides is 1. The van der Waals surface area contributed by atoms with Gasteiger partial charge in [-0.2, -0.15) is 18.2 Å². The van der Waals surface area contributed by atoms with E-state index < -0.39 is 12.7 Å². The van der Waals surface area contributed by atoms with Gasteiger partial charge in [-0.3, -0.25) is 4.79 Å². The molecule has 1 saturated heterocycles. The number of anilines is 1. The fourth-order valence-corrected chi connectivity index (χ4v) is 5.68. The van der Waals surface area contributed by atoms with Crippen molar-refractivity contribution < 1.29 is 22.5 Å². The zero-order valence-corrected chi connectivity index (χ0v) is 21.5. The van der Waals surface area contributed by atoms with E-state index in [2.05, 4.69) is 32.7 Å². The van der Waals surface area contributed by atoms with E-state index in [9.17, 15) is 18.0 Å². The monoisotopic (exact) mass is 535 g/mol. The summed E-state index contributed by atoms with van der Waals surface area (Å²) in [7, 11) is 4.29. The quantitative estimate of drug-likeness (QED) is 0.445. The summed E-state index contributed by atoms with van der Waals surface area (Å²) in [6.07, 6.45) is 1.13. The van der Waals surface area contributed by atoms with Crippen LogP contribution in [-0.2, 0) is 17.9 Å². The first-order chi connectivity index (χ1) is 17.7. The van der Waals surface area contributed by atoms with Crippen LogP contribution in [0.1, 0.15) is 18.7 Å². The van der Waals surface area contributed by atoms with Crippen molar-refractivity contribution in [3.8, 4) is 11.6 Å². The number of alkyl halides is 3. The lowest BCUT2D eigenvalue weighted by molar-refractivity contribution is -0.139. The highest BCUT2D eigenvalue weighted by Crippen LogP contribution is 2.35. The predicted octanol–water partition coefficient (Wildman–Crippen LogP) is 3.80. The molecule has 4 heterocycles. The molecule has 198 valence electrons. The number of piperidine rings is 1. The van der Waals surface area contributed by atoms with Crippen molar-refractivity contribution in [1.82, 2.24) is 29.6 Å². The van der Waals surface area contributed by atoms with Gasteiger partial charge in [0.15, 0.2) is 5.82 Å². The molecule has 2 atom stereocenters. The minimum Gasteiger partial charge on any atom is -0.382 e. The van der Waals surface area contributed by atoms with E-state index >= 15 is 0 Å². The standard InChI is InChI=1S/C24H29F3N7O2P/c1-32-9-6-15(7-10-32)29-17-4-3-5-18-16(17)12-19(34(18)14-24(25,26)27)23-30-21(31-36-23)13-28-22(35)20-8-11-33(2)37-20/h3-5,8,11-12,15,20,29,37H,6-7,9-10,13-14H2,1-2H3,(H,28,35). The maximum absolute atomic E-state index is 13.6. The van der Waals surface area contributed by atoms with Crippen LogP contribution in [0.5, 0.6) is 0 Å². The summed E-state index contributed by atoms with van der Waals surface area (Å²) in [6.45, 7) is 0.747. The normalized spacial score (nSPS) is 19.8. The van der Waals surface area contributed by atoms with Crippen molar-refractivity contribution in [2.75, 3.05) is 32.5 Å². The minimum atomic E-state index is -4.45. The van der Waals surface area contributed by atoms with Crippen LogP contribution in [0.3, 0.4) is 0 Å². The number of carbonyl (C=O) groups excluding carboxylic acids is 1. The van der Waals surface area contributed by atoms with Crippen LogP contribution < -0.4 is 10.6 Å². The molecule has 2 aliphatic rings. The maximum atomic E-state index is 13.6. The van der Waals surface area contributed by atoms with Gasteiger partial charge in [-0.25, -0.2) is 0 Å². The van der Waals surface area contributed by atoms with Gasteiger partial charge >= 0.3 is 6.18 Å². The van der Waals surface area contributed by atoms with E-state index in [0.717, 1.165) is 36.2 Å². The Balaban J connectivity index is 1.40. The van der Waals surface area contributed by atoms with Crippen LogP contribution in [0.4, 0.5) is 18.9 Å². The molecule has 1 fully saturated rings. The van der Waals surface area contributed by atoms with Crippen LogP contribution in [-0.4, -0.2) is 75.2 Å². The van der Waals surface area contributed by atoms with Crippen LogP contribution in [0.15, 0.2) is 41.1 Å². The van der Waals surface area contributed by atoms with E-state index in [4.69, 9.17) is 4.52 Å². The highest BCUT2D eigenvalue weighted by molar-refractivity contribution is 7.38. The van der Waals surface area contributed by atoms with Gasteiger partial charge in [0.1, 0.15) is 12.2 Å². The number of rotatable bonds is 7. The Kier molecular flexibility index (Phi) is 7.13. The molecule has 1 amide bonds. The molecule has 0 radical (unpaired) electrons. The van der Waals surface area contributed by atoms with E-state index in [0.29, 0.717) is 19.6 Å². The highest BCUT2D eigenvalue weighted by Gasteiger charge is 2.32. The summed E-state index contributed by atoms with van der Waals surface area (Å²) in [5, 5.41) is 10.8. The lowest BCUT2D eigenvalue weighted by Crippen LogP contribution is -2.36. The molecule has 0 saturated carbocycles. The minimum absolute atomic E-state index is 0.0172. The zero-order valence-electron chi connectivity index (χ0n) is 20.5. The van der Waals surface area contributed by atoms with Gasteiger partial charge in [-0.1, -0.05) is 17.3 Å². The lowest BCUT2D eigenvalue weighted by Gasteiger charge is -2.30. The van der Waals surface area contributed by atoms with Gasteiger partial charge in [0, 0.05) is 24.2 Å². The van der Waals surface area contributed by atoms with E-state index in [1.807, 2.05) is 30.1 Å². The number of nitrogens with zero attached hydrogens (tertiary/aromatic N) is 5. The van der Waals surface area contributed by atoms with Crippen molar-refractivity contribution >= 4 is 31.2 Å². The Bertz CT molecular complexity index is 1300. The molecule has 0 aliphatic carbocycles. The number of carbonyl (C=O) groups is 1. The lowest BCUT2D eigenvalue weighted by atomic mass is 10.0. The number of hydrogen-bond donors (Lipinski definition) is 2. The second kappa shape index (κ2) is 10.3. The molecule has 2 aromatic heterocycles. The average Bonchev–Trinajstić information content (AvgIpc) is 3.58. The molecule has 2 aliphatic heterocycles. The second-order valence-corrected chi connectivity index (χ2v) is 11.1. The van der Waals surface area contributed by atoms with Crippen LogP contribution in [0.25, 0.3) is 22.5 Å². The van der Waals surface area contributed by atoms with Gasteiger partial charge in [0.05, 0.1) is 17.7 Å². The van der Waals surface area contributed by atoms with E-state index in [1.165, 1.54) is 0 Å². The first kappa shape index (κ1) is 25.5. The predicted molar refractivity (Wildman–Crippen MR) is 136 cm³/mol. The Labute approximate surface area is 213 Å². The number of hydrogen-bond acceptors (Lipinski definition) is 7. The Morgan fingerprint density at radius 1 is 1.24 bits per heavy atom. The van der Waals surface area contributed by atoms with Crippen LogP contribution >= 0.6 is 8.73 Å². The number of likely N-dealkylation sites (tertiary alicyclic amines) is 1. The molecule has 1 aromatic carbocycles. The number of benzene rings is 1. The van der Waals surface area contributed by atoms with Crippen molar-refractivity contribution in [2.24, 2.45) is 0 Å². The van der Waals surface area contributed by atoms with Crippen LogP contribution in [0, 0.1) is 0 Å². The fraction of sp³-hybridized carbons (Fsp3) is 0.458. The van der Waals surface area contributed by atoms with E-state index in [-0.39, 0.29) is 41.6 Å². The third-order valence-electron chi connectivity index (χ3n) is 6.60. The fourth-order valence-electron chi connectivity index (χ4n) is 4.68. The first-order valence-corrected chi connectivity index (χ1v) is 13.1. The number of halogens is 3. The molecule has 5 rings (SSSR count). The van der Waals surface area contributed by atoms with Crippen LogP contribution in [0.2, 0.25) is 0 Å². The number of fused-ring (bicyclic) bond motifs is 1. The summed E-state index contributed by atoms with van der Waals surface area (Å²) in [5.41, 5.74) is 1.13. The Morgan fingerprint density at radius 3 is 2.73 bits per heavy atom.